The third-order valence-electron chi connectivity index (χ3n) is 2.79. The third-order valence-corrected chi connectivity index (χ3v) is 4.54. The van der Waals surface area contributed by atoms with Crippen molar-refractivity contribution in [3.05, 3.63) is 22.7 Å². The highest BCUT2D eigenvalue weighted by Crippen LogP contribution is 2.31. The molecule has 0 aromatic heterocycles. The third kappa shape index (κ3) is 2.57. The number of benzene rings is 1. The minimum atomic E-state index is -3.25. The maximum Gasteiger partial charge on any atom is 0.228 e. The largest absolute Gasteiger partial charge is 0.326 e. The fourth-order valence-corrected chi connectivity index (χ4v) is 3.30. The molecule has 1 fully saturated rings. The van der Waals surface area contributed by atoms with E-state index in [0.717, 1.165) is 6.26 Å². The lowest BCUT2D eigenvalue weighted by Gasteiger charge is -2.18. The molecule has 5 nitrogen and oxygen atoms in total. The molecule has 0 aliphatic carbocycles. The molecule has 7 heteroatoms. The summed E-state index contributed by atoms with van der Waals surface area (Å²) in [7, 11) is -3.25. The standard InChI is InChI=1S/C11H13BrN2O3S/c1-18(16,17)8-2-3-10(9(12)5-8)14-6-7(13)4-11(14)15/h2-3,5,7H,4,6,13H2,1H3. The van der Waals surface area contributed by atoms with Gasteiger partial charge in [-0.25, -0.2) is 8.42 Å². The normalized spacial score (nSPS) is 20.5. The van der Waals surface area contributed by atoms with E-state index >= 15 is 0 Å². The number of hydrogen-bond acceptors (Lipinski definition) is 4. The smallest absolute Gasteiger partial charge is 0.228 e. The van der Waals surface area contributed by atoms with Gasteiger partial charge in [0, 0.05) is 29.7 Å². The second-order valence-corrected chi connectivity index (χ2v) is 7.22. The predicted octanol–water partition coefficient (Wildman–Crippen LogP) is 0.917. The number of carbonyl (C=O) groups excluding carboxylic acids is 1. The Balaban J connectivity index is 2.40. The Hall–Kier alpha value is -0.920. The number of nitrogens with two attached hydrogens (primary N) is 1. The Bertz CT molecular complexity index is 600. The predicted molar refractivity (Wildman–Crippen MR) is 72.2 cm³/mol. The molecule has 1 aromatic rings. The number of sulfone groups is 1. The van der Waals surface area contributed by atoms with Crippen LogP contribution in [0.2, 0.25) is 0 Å². The lowest BCUT2D eigenvalue weighted by atomic mass is 10.3. The van der Waals surface area contributed by atoms with Crippen molar-refractivity contribution in [1.29, 1.82) is 0 Å². The summed E-state index contributed by atoms with van der Waals surface area (Å²) in [6, 6.07) is 4.45. The van der Waals surface area contributed by atoms with Crippen molar-refractivity contribution < 1.29 is 13.2 Å². The molecule has 1 aromatic carbocycles. The molecule has 0 radical (unpaired) electrons. The molecule has 18 heavy (non-hydrogen) atoms. The molecule has 98 valence electrons. The first-order valence-corrected chi connectivity index (χ1v) is 8.03. The van der Waals surface area contributed by atoms with Gasteiger partial charge in [0.15, 0.2) is 9.84 Å². The van der Waals surface area contributed by atoms with Gasteiger partial charge in [-0.2, -0.15) is 0 Å². The highest BCUT2D eigenvalue weighted by Gasteiger charge is 2.29. The summed E-state index contributed by atoms with van der Waals surface area (Å²) in [4.78, 5) is 13.5. The van der Waals surface area contributed by atoms with E-state index < -0.39 is 9.84 Å². The molecular formula is C11H13BrN2O3S. The molecule has 1 aliphatic heterocycles. The van der Waals surface area contributed by atoms with Crippen molar-refractivity contribution >= 4 is 37.4 Å². The molecule has 1 heterocycles. The number of rotatable bonds is 2. The van der Waals surface area contributed by atoms with Gasteiger partial charge in [0.25, 0.3) is 0 Å². The summed E-state index contributed by atoms with van der Waals surface area (Å²) >= 11 is 3.30. The van der Waals surface area contributed by atoms with Crippen molar-refractivity contribution in [2.24, 2.45) is 5.73 Å². The van der Waals surface area contributed by atoms with Gasteiger partial charge in [-0.05, 0) is 34.1 Å². The zero-order valence-electron chi connectivity index (χ0n) is 9.76. The Labute approximate surface area is 114 Å². The minimum Gasteiger partial charge on any atom is -0.326 e. The summed E-state index contributed by atoms with van der Waals surface area (Å²) in [5.74, 6) is -0.0460. The van der Waals surface area contributed by atoms with E-state index in [4.69, 9.17) is 5.73 Å². The molecule has 1 saturated heterocycles. The summed E-state index contributed by atoms with van der Waals surface area (Å²) in [5.41, 5.74) is 6.38. The molecule has 1 atom stereocenters. The molecule has 0 spiro atoms. The first-order chi connectivity index (χ1) is 8.29. The molecule has 1 amide bonds. The van der Waals surface area contributed by atoms with Crippen LogP contribution >= 0.6 is 15.9 Å². The van der Waals surface area contributed by atoms with Crippen LogP contribution in [0.1, 0.15) is 6.42 Å². The van der Waals surface area contributed by atoms with Crippen molar-refractivity contribution in [2.45, 2.75) is 17.4 Å². The van der Waals surface area contributed by atoms with Crippen molar-refractivity contribution in [3.63, 3.8) is 0 Å². The van der Waals surface area contributed by atoms with E-state index in [1.165, 1.54) is 12.1 Å². The average molecular weight is 333 g/mol. The molecule has 1 unspecified atom stereocenters. The van der Waals surface area contributed by atoms with Crippen LogP contribution < -0.4 is 10.6 Å². The van der Waals surface area contributed by atoms with E-state index in [9.17, 15) is 13.2 Å². The zero-order chi connectivity index (χ0) is 13.5. The van der Waals surface area contributed by atoms with E-state index in [-0.39, 0.29) is 16.8 Å². The van der Waals surface area contributed by atoms with Crippen molar-refractivity contribution in [1.82, 2.24) is 0 Å². The van der Waals surface area contributed by atoms with E-state index in [2.05, 4.69) is 15.9 Å². The Morgan fingerprint density at radius 1 is 1.44 bits per heavy atom. The van der Waals surface area contributed by atoms with E-state index in [1.807, 2.05) is 0 Å². The Kier molecular flexibility index (Phi) is 3.48. The quantitative estimate of drug-likeness (QED) is 0.873. The highest BCUT2D eigenvalue weighted by atomic mass is 79.9. The molecule has 0 saturated carbocycles. The van der Waals surface area contributed by atoms with Crippen LogP contribution in [0.15, 0.2) is 27.6 Å². The van der Waals surface area contributed by atoms with Crippen LogP contribution in [0.5, 0.6) is 0 Å². The van der Waals surface area contributed by atoms with Crippen LogP contribution in [0.4, 0.5) is 5.69 Å². The fraction of sp³-hybridized carbons (Fsp3) is 0.364. The van der Waals surface area contributed by atoms with E-state index in [1.54, 1.807) is 11.0 Å². The average Bonchev–Trinajstić information content (AvgIpc) is 2.56. The van der Waals surface area contributed by atoms with Crippen LogP contribution in [-0.2, 0) is 14.6 Å². The number of hydrogen-bond donors (Lipinski definition) is 1. The lowest BCUT2D eigenvalue weighted by molar-refractivity contribution is -0.117. The Morgan fingerprint density at radius 3 is 2.56 bits per heavy atom. The highest BCUT2D eigenvalue weighted by molar-refractivity contribution is 9.10. The molecular weight excluding hydrogens is 320 g/mol. The van der Waals surface area contributed by atoms with Gasteiger partial charge in [-0.1, -0.05) is 0 Å². The van der Waals surface area contributed by atoms with E-state index in [0.29, 0.717) is 23.1 Å². The minimum absolute atomic E-state index is 0.0460. The monoisotopic (exact) mass is 332 g/mol. The van der Waals surface area contributed by atoms with Gasteiger partial charge in [0.05, 0.1) is 10.6 Å². The van der Waals surface area contributed by atoms with Gasteiger partial charge < -0.3 is 10.6 Å². The number of amides is 1. The summed E-state index contributed by atoms with van der Waals surface area (Å²) in [6.45, 7) is 0.454. The zero-order valence-corrected chi connectivity index (χ0v) is 12.2. The second-order valence-electron chi connectivity index (χ2n) is 4.35. The topological polar surface area (TPSA) is 80.5 Å². The van der Waals surface area contributed by atoms with Crippen LogP contribution in [-0.4, -0.2) is 33.2 Å². The Morgan fingerprint density at radius 2 is 2.11 bits per heavy atom. The van der Waals surface area contributed by atoms with Crippen LogP contribution in [0.3, 0.4) is 0 Å². The summed E-state index contributed by atoms with van der Waals surface area (Å²) < 4.78 is 23.4. The number of carbonyl (C=O) groups is 1. The summed E-state index contributed by atoms with van der Waals surface area (Å²) in [6.07, 6.45) is 1.46. The van der Waals surface area contributed by atoms with Gasteiger partial charge >= 0.3 is 0 Å². The SMILES string of the molecule is CS(=O)(=O)c1ccc(N2CC(N)CC2=O)c(Br)c1. The van der Waals surface area contributed by atoms with Gasteiger partial charge in [-0.15, -0.1) is 0 Å². The first-order valence-electron chi connectivity index (χ1n) is 5.34. The van der Waals surface area contributed by atoms with Gasteiger partial charge in [-0.3, -0.25) is 4.79 Å². The van der Waals surface area contributed by atoms with Crippen molar-refractivity contribution in [3.8, 4) is 0 Å². The lowest BCUT2D eigenvalue weighted by Crippen LogP contribution is -2.28. The number of nitrogens with zero attached hydrogens (tertiary/aromatic N) is 1. The summed E-state index contributed by atoms with van der Waals surface area (Å²) in [5, 5.41) is 0. The molecule has 0 bridgehead atoms. The maximum absolute atomic E-state index is 11.7. The van der Waals surface area contributed by atoms with Crippen LogP contribution in [0, 0.1) is 0 Å². The van der Waals surface area contributed by atoms with Gasteiger partial charge in [0.2, 0.25) is 5.91 Å². The molecule has 1 aliphatic rings. The molecule has 2 N–H and O–H groups in total. The molecule has 2 rings (SSSR count). The van der Waals surface area contributed by atoms with Crippen LogP contribution in [0.25, 0.3) is 0 Å². The fourth-order valence-electron chi connectivity index (χ4n) is 1.91. The number of halogens is 1. The number of anilines is 1. The first kappa shape index (κ1) is 13.5. The van der Waals surface area contributed by atoms with Gasteiger partial charge in [0.1, 0.15) is 0 Å². The second kappa shape index (κ2) is 4.64. The maximum atomic E-state index is 11.7. The van der Waals surface area contributed by atoms with Crippen molar-refractivity contribution in [2.75, 3.05) is 17.7 Å².